The molecule has 0 radical (unpaired) electrons. The summed E-state index contributed by atoms with van der Waals surface area (Å²) in [6.45, 7) is 1.70. The Hall–Kier alpha value is -1.66. The van der Waals surface area contributed by atoms with Crippen molar-refractivity contribution in [3.8, 4) is 5.75 Å². The minimum absolute atomic E-state index is 0.288. The van der Waals surface area contributed by atoms with E-state index in [0.29, 0.717) is 11.3 Å². The number of methoxy groups -OCH3 is 1. The molecule has 1 aromatic heterocycles. The zero-order valence-electron chi connectivity index (χ0n) is 10.7. The van der Waals surface area contributed by atoms with Gasteiger partial charge in [-0.05, 0) is 36.2 Å². The van der Waals surface area contributed by atoms with Crippen LogP contribution in [-0.2, 0) is 10.1 Å². The molecule has 2 rings (SSSR count). The van der Waals surface area contributed by atoms with Crippen molar-refractivity contribution >= 4 is 21.0 Å². The summed E-state index contributed by atoms with van der Waals surface area (Å²) in [5, 5.41) is -0.172. The van der Waals surface area contributed by atoms with Crippen LogP contribution in [0.5, 0.6) is 5.75 Å². The van der Waals surface area contributed by atoms with Crippen LogP contribution in [0.15, 0.2) is 30.5 Å². The van der Waals surface area contributed by atoms with E-state index in [1.54, 1.807) is 38.3 Å². The fourth-order valence-corrected chi connectivity index (χ4v) is 2.94. The summed E-state index contributed by atoms with van der Waals surface area (Å²) < 4.78 is 37.0. The van der Waals surface area contributed by atoms with Crippen molar-refractivity contribution in [3.63, 3.8) is 0 Å². The maximum Gasteiger partial charge on any atom is 0.272 e. The molecule has 6 heteroatoms. The molecule has 1 heterocycles. The standard InChI is InChI=1S/C13H15NO4S/c1-3-13(19(15,16)17)10-6-9-7-11(18-2)4-5-12(9)14-8-10/h4-8,13H,3H2,1-2H3,(H,15,16,17). The first kappa shape index (κ1) is 13.8. The molecule has 0 spiro atoms. The Balaban J connectivity index is 2.56. The quantitative estimate of drug-likeness (QED) is 0.872. The summed E-state index contributed by atoms with van der Waals surface area (Å²) in [5.41, 5.74) is 1.22. The first-order chi connectivity index (χ1) is 8.95. The van der Waals surface area contributed by atoms with Gasteiger partial charge in [0.2, 0.25) is 0 Å². The fraction of sp³-hybridized carbons (Fsp3) is 0.308. The van der Waals surface area contributed by atoms with Gasteiger partial charge in [0.25, 0.3) is 10.1 Å². The average molecular weight is 281 g/mol. The van der Waals surface area contributed by atoms with Crippen molar-refractivity contribution in [2.75, 3.05) is 7.11 Å². The van der Waals surface area contributed by atoms with Gasteiger partial charge in [-0.2, -0.15) is 8.42 Å². The molecule has 2 aromatic rings. The van der Waals surface area contributed by atoms with Gasteiger partial charge in [-0.1, -0.05) is 6.92 Å². The van der Waals surface area contributed by atoms with Gasteiger partial charge in [-0.25, -0.2) is 0 Å². The second-order valence-corrected chi connectivity index (χ2v) is 5.84. The van der Waals surface area contributed by atoms with E-state index in [2.05, 4.69) is 4.98 Å². The van der Waals surface area contributed by atoms with Crippen LogP contribution in [0.3, 0.4) is 0 Å². The Labute approximate surface area is 112 Å². The highest BCUT2D eigenvalue weighted by molar-refractivity contribution is 7.86. The van der Waals surface area contributed by atoms with Crippen molar-refractivity contribution in [1.82, 2.24) is 4.98 Å². The molecule has 19 heavy (non-hydrogen) atoms. The van der Waals surface area contributed by atoms with Gasteiger partial charge in [0, 0.05) is 11.6 Å². The number of ether oxygens (including phenoxy) is 1. The van der Waals surface area contributed by atoms with Gasteiger partial charge >= 0.3 is 0 Å². The van der Waals surface area contributed by atoms with E-state index in [-0.39, 0.29) is 6.42 Å². The van der Waals surface area contributed by atoms with Crippen molar-refractivity contribution in [3.05, 3.63) is 36.0 Å². The summed E-state index contributed by atoms with van der Waals surface area (Å²) in [4.78, 5) is 4.21. The first-order valence-electron chi connectivity index (χ1n) is 5.85. The van der Waals surface area contributed by atoms with Crippen molar-refractivity contribution < 1.29 is 17.7 Å². The lowest BCUT2D eigenvalue weighted by atomic mass is 10.1. The van der Waals surface area contributed by atoms with Crippen LogP contribution in [-0.4, -0.2) is 25.1 Å². The largest absolute Gasteiger partial charge is 0.497 e. The van der Waals surface area contributed by atoms with E-state index in [1.165, 1.54) is 6.20 Å². The van der Waals surface area contributed by atoms with Gasteiger partial charge in [0.05, 0.1) is 12.6 Å². The number of aromatic nitrogens is 1. The van der Waals surface area contributed by atoms with E-state index in [0.717, 1.165) is 10.9 Å². The predicted octanol–water partition coefficient (Wildman–Crippen LogP) is 2.58. The van der Waals surface area contributed by atoms with Crippen LogP contribution in [0.25, 0.3) is 10.9 Å². The maximum atomic E-state index is 11.3. The summed E-state index contributed by atoms with van der Waals surface area (Å²) in [6, 6.07) is 7.08. The van der Waals surface area contributed by atoms with E-state index >= 15 is 0 Å². The van der Waals surface area contributed by atoms with Gasteiger partial charge in [-0.15, -0.1) is 0 Å². The molecule has 1 N–H and O–H groups in total. The highest BCUT2D eigenvalue weighted by Gasteiger charge is 2.23. The van der Waals surface area contributed by atoms with Crippen LogP contribution in [0.2, 0.25) is 0 Å². The Bertz CT molecular complexity index is 697. The lowest BCUT2D eigenvalue weighted by Gasteiger charge is -2.12. The highest BCUT2D eigenvalue weighted by Crippen LogP contribution is 2.28. The zero-order chi connectivity index (χ0) is 14.0. The molecule has 1 unspecified atom stereocenters. The van der Waals surface area contributed by atoms with Crippen LogP contribution in [0.1, 0.15) is 24.2 Å². The number of fused-ring (bicyclic) bond motifs is 1. The van der Waals surface area contributed by atoms with Crippen LogP contribution in [0.4, 0.5) is 0 Å². The molecule has 0 bridgehead atoms. The molecule has 0 saturated heterocycles. The number of benzene rings is 1. The van der Waals surface area contributed by atoms with E-state index in [4.69, 9.17) is 4.74 Å². The average Bonchev–Trinajstić information content (AvgIpc) is 2.37. The molecule has 1 atom stereocenters. The molecular weight excluding hydrogens is 266 g/mol. The number of pyridine rings is 1. The molecule has 0 aliphatic carbocycles. The Morgan fingerprint density at radius 1 is 1.37 bits per heavy atom. The molecular formula is C13H15NO4S. The number of rotatable bonds is 4. The van der Waals surface area contributed by atoms with Gasteiger partial charge < -0.3 is 4.74 Å². The smallest absolute Gasteiger partial charge is 0.272 e. The van der Waals surface area contributed by atoms with Crippen LogP contribution in [0, 0.1) is 0 Å². The summed E-state index contributed by atoms with van der Waals surface area (Å²) in [5.74, 6) is 0.673. The maximum absolute atomic E-state index is 11.3. The second-order valence-electron chi connectivity index (χ2n) is 4.24. The van der Waals surface area contributed by atoms with Crippen molar-refractivity contribution in [2.45, 2.75) is 18.6 Å². The Morgan fingerprint density at radius 2 is 2.11 bits per heavy atom. The van der Waals surface area contributed by atoms with Crippen molar-refractivity contribution in [2.24, 2.45) is 0 Å². The molecule has 0 fully saturated rings. The lowest BCUT2D eigenvalue weighted by molar-refractivity contribution is 0.415. The normalized spacial score (nSPS) is 13.4. The summed E-state index contributed by atoms with van der Waals surface area (Å²) in [7, 11) is -2.56. The SMILES string of the molecule is CCC(c1cnc2ccc(OC)cc2c1)S(=O)(=O)O. The first-order valence-corrected chi connectivity index (χ1v) is 7.36. The van der Waals surface area contributed by atoms with Crippen molar-refractivity contribution in [1.29, 1.82) is 0 Å². The lowest BCUT2D eigenvalue weighted by Crippen LogP contribution is -2.11. The third-order valence-corrected chi connectivity index (χ3v) is 4.34. The van der Waals surface area contributed by atoms with Gasteiger partial charge in [-0.3, -0.25) is 9.54 Å². The van der Waals surface area contributed by atoms with Crippen LogP contribution < -0.4 is 4.74 Å². The number of nitrogens with zero attached hydrogens (tertiary/aromatic N) is 1. The van der Waals surface area contributed by atoms with Gasteiger partial charge in [0.1, 0.15) is 11.0 Å². The topological polar surface area (TPSA) is 76.5 Å². The molecule has 5 nitrogen and oxygen atoms in total. The third-order valence-electron chi connectivity index (χ3n) is 3.01. The molecule has 0 saturated carbocycles. The Kier molecular flexibility index (Phi) is 3.73. The number of hydrogen-bond donors (Lipinski definition) is 1. The zero-order valence-corrected chi connectivity index (χ0v) is 11.5. The Morgan fingerprint density at radius 3 is 2.68 bits per heavy atom. The van der Waals surface area contributed by atoms with E-state index in [1.807, 2.05) is 0 Å². The second kappa shape index (κ2) is 5.14. The summed E-state index contributed by atoms with van der Waals surface area (Å²) >= 11 is 0. The minimum Gasteiger partial charge on any atom is -0.497 e. The third kappa shape index (κ3) is 2.85. The molecule has 0 aliphatic heterocycles. The molecule has 0 amide bonds. The monoisotopic (exact) mass is 281 g/mol. The number of hydrogen-bond acceptors (Lipinski definition) is 4. The van der Waals surface area contributed by atoms with Gasteiger partial charge in [0.15, 0.2) is 0 Å². The minimum atomic E-state index is -4.12. The predicted molar refractivity (Wildman–Crippen MR) is 72.9 cm³/mol. The summed E-state index contributed by atoms with van der Waals surface area (Å²) in [6.07, 6.45) is 1.77. The fourth-order valence-electron chi connectivity index (χ4n) is 2.05. The molecule has 1 aromatic carbocycles. The molecule has 102 valence electrons. The van der Waals surface area contributed by atoms with E-state index in [9.17, 15) is 13.0 Å². The molecule has 0 aliphatic rings. The van der Waals surface area contributed by atoms with Crippen LogP contribution >= 0.6 is 0 Å². The highest BCUT2D eigenvalue weighted by atomic mass is 32.2. The van der Waals surface area contributed by atoms with E-state index < -0.39 is 15.4 Å².